The number of benzene rings is 2. The van der Waals surface area contributed by atoms with Crippen LogP contribution >= 0.6 is 0 Å². The zero-order chi connectivity index (χ0) is 11.8. The van der Waals surface area contributed by atoms with Crippen LogP contribution in [-0.2, 0) is 4.74 Å². The van der Waals surface area contributed by atoms with Crippen LogP contribution in [-0.4, -0.2) is 18.7 Å². The van der Waals surface area contributed by atoms with Gasteiger partial charge in [-0.25, -0.2) is 4.79 Å². The van der Waals surface area contributed by atoms with Crippen molar-refractivity contribution in [1.29, 1.82) is 0 Å². The molecule has 1 saturated heterocycles. The van der Waals surface area contributed by atoms with Gasteiger partial charge in [-0.05, 0) is 18.4 Å². The van der Waals surface area contributed by atoms with Crippen LogP contribution in [0.1, 0.15) is 6.92 Å². The summed E-state index contributed by atoms with van der Waals surface area (Å²) in [6.07, 6.45) is -0.256. The van der Waals surface area contributed by atoms with Crippen molar-refractivity contribution in [1.82, 2.24) is 0 Å². The van der Waals surface area contributed by atoms with Crippen molar-refractivity contribution in [3.63, 3.8) is 0 Å². The number of hydrogen-bond donors (Lipinski definition) is 0. The van der Waals surface area contributed by atoms with Crippen molar-refractivity contribution in [3.05, 3.63) is 42.5 Å². The number of nitrogens with zero attached hydrogens (tertiary/aromatic N) is 1. The molecule has 0 radical (unpaired) electrons. The van der Waals surface area contributed by atoms with E-state index in [1.807, 2.05) is 49.4 Å². The third kappa shape index (κ3) is 1.55. The molecule has 3 rings (SSSR count). The highest BCUT2D eigenvalue weighted by atomic mass is 16.6. The summed E-state index contributed by atoms with van der Waals surface area (Å²) in [6.45, 7) is 2.45. The quantitative estimate of drug-likeness (QED) is 0.748. The van der Waals surface area contributed by atoms with Crippen LogP contribution in [0.25, 0.3) is 10.8 Å². The lowest BCUT2D eigenvalue weighted by molar-refractivity contribution is 0.179. The number of ether oxygens (including phenoxy) is 1. The number of carbonyl (C=O) groups excluding carboxylic acids is 1. The topological polar surface area (TPSA) is 29.5 Å². The van der Waals surface area contributed by atoms with Gasteiger partial charge >= 0.3 is 6.09 Å². The molecule has 0 saturated carbocycles. The van der Waals surface area contributed by atoms with Gasteiger partial charge in [-0.3, -0.25) is 4.90 Å². The molecule has 0 spiro atoms. The first-order chi connectivity index (χ1) is 8.27. The molecule has 1 heterocycles. The lowest BCUT2D eigenvalue weighted by Crippen LogP contribution is -2.30. The fourth-order valence-electron chi connectivity index (χ4n) is 2.27. The summed E-state index contributed by atoms with van der Waals surface area (Å²) in [5, 5.41) is 2.22. The second-order valence-corrected chi connectivity index (χ2v) is 4.29. The van der Waals surface area contributed by atoms with Crippen molar-refractivity contribution in [2.24, 2.45) is 0 Å². The molecule has 86 valence electrons. The zero-order valence-electron chi connectivity index (χ0n) is 9.59. The van der Waals surface area contributed by atoms with Crippen molar-refractivity contribution >= 4 is 22.6 Å². The minimum Gasteiger partial charge on any atom is -0.447 e. The van der Waals surface area contributed by atoms with E-state index in [9.17, 15) is 4.79 Å². The van der Waals surface area contributed by atoms with Crippen LogP contribution in [0.5, 0.6) is 0 Å². The minimum atomic E-state index is -0.256. The molecule has 1 fully saturated rings. The Labute approximate surface area is 99.6 Å². The third-order valence-corrected chi connectivity index (χ3v) is 3.11. The molecule has 1 amide bonds. The Kier molecular flexibility index (Phi) is 2.25. The molecule has 1 atom stereocenters. The Morgan fingerprint density at radius 1 is 1.18 bits per heavy atom. The lowest BCUT2D eigenvalue weighted by Gasteiger charge is -2.19. The van der Waals surface area contributed by atoms with Crippen LogP contribution in [0, 0.1) is 0 Å². The molecular weight excluding hydrogens is 214 g/mol. The van der Waals surface area contributed by atoms with Crippen molar-refractivity contribution in [2.75, 3.05) is 11.5 Å². The summed E-state index contributed by atoms with van der Waals surface area (Å²) < 4.78 is 5.07. The van der Waals surface area contributed by atoms with E-state index in [2.05, 4.69) is 0 Å². The summed E-state index contributed by atoms with van der Waals surface area (Å²) in [6, 6.07) is 14.1. The third-order valence-electron chi connectivity index (χ3n) is 3.11. The van der Waals surface area contributed by atoms with Crippen LogP contribution in [0.3, 0.4) is 0 Å². The number of hydrogen-bond acceptors (Lipinski definition) is 2. The first kappa shape index (κ1) is 10.1. The highest BCUT2D eigenvalue weighted by Gasteiger charge is 2.31. The molecular formula is C14H13NO2. The Hall–Kier alpha value is -2.03. The molecule has 0 aliphatic carbocycles. The van der Waals surface area contributed by atoms with E-state index >= 15 is 0 Å². The van der Waals surface area contributed by atoms with Crippen LogP contribution in [0.15, 0.2) is 42.5 Å². The Morgan fingerprint density at radius 2 is 1.94 bits per heavy atom. The van der Waals surface area contributed by atoms with E-state index in [4.69, 9.17) is 4.74 Å². The van der Waals surface area contributed by atoms with Gasteiger partial charge in [0.15, 0.2) is 0 Å². The maximum Gasteiger partial charge on any atom is 0.414 e. The van der Waals surface area contributed by atoms with Crippen molar-refractivity contribution < 1.29 is 9.53 Å². The number of amides is 1. The van der Waals surface area contributed by atoms with Crippen molar-refractivity contribution in [2.45, 2.75) is 13.0 Å². The second-order valence-electron chi connectivity index (χ2n) is 4.29. The van der Waals surface area contributed by atoms with E-state index in [0.29, 0.717) is 6.61 Å². The van der Waals surface area contributed by atoms with Gasteiger partial charge in [-0.15, -0.1) is 0 Å². The first-order valence-corrected chi connectivity index (χ1v) is 5.71. The molecule has 1 unspecified atom stereocenters. The van der Waals surface area contributed by atoms with Crippen LogP contribution in [0.2, 0.25) is 0 Å². The largest absolute Gasteiger partial charge is 0.447 e. The molecule has 2 aromatic rings. The van der Waals surface area contributed by atoms with Gasteiger partial charge in [-0.1, -0.05) is 36.4 Å². The number of rotatable bonds is 1. The Balaban J connectivity index is 2.20. The van der Waals surface area contributed by atoms with Gasteiger partial charge < -0.3 is 4.74 Å². The van der Waals surface area contributed by atoms with Gasteiger partial charge in [-0.2, -0.15) is 0 Å². The lowest BCUT2D eigenvalue weighted by atomic mass is 10.1. The van der Waals surface area contributed by atoms with E-state index in [1.54, 1.807) is 4.90 Å². The highest BCUT2D eigenvalue weighted by Crippen LogP contribution is 2.30. The smallest absolute Gasteiger partial charge is 0.414 e. The van der Waals surface area contributed by atoms with E-state index in [-0.39, 0.29) is 12.1 Å². The van der Waals surface area contributed by atoms with Crippen LogP contribution in [0.4, 0.5) is 10.5 Å². The molecule has 2 aromatic carbocycles. The SMILES string of the molecule is CC1COC(=O)N1c1cccc2ccccc12. The van der Waals surface area contributed by atoms with Gasteiger partial charge in [0.1, 0.15) is 6.61 Å². The fraction of sp³-hybridized carbons (Fsp3) is 0.214. The maximum atomic E-state index is 11.7. The number of carbonyl (C=O) groups is 1. The Morgan fingerprint density at radius 3 is 2.71 bits per heavy atom. The standard InChI is InChI=1S/C14H13NO2/c1-10-9-17-14(16)15(10)13-8-4-6-11-5-2-3-7-12(11)13/h2-8,10H,9H2,1H3. The highest BCUT2D eigenvalue weighted by molar-refractivity contribution is 6.02. The fourth-order valence-corrected chi connectivity index (χ4v) is 2.27. The number of anilines is 1. The first-order valence-electron chi connectivity index (χ1n) is 5.71. The summed E-state index contributed by atoms with van der Waals surface area (Å²) in [7, 11) is 0. The van der Waals surface area contributed by atoms with Gasteiger partial charge in [0, 0.05) is 5.39 Å². The van der Waals surface area contributed by atoms with E-state index < -0.39 is 0 Å². The predicted molar refractivity (Wildman–Crippen MR) is 67.2 cm³/mol. The Bertz CT molecular complexity index is 574. The molecule has 3 heteroatoms. The summed E-state index contributed by atoms with van der Waals surface area (Å²) in [5.41, 5.74) is 0.929. The molecule has 0 N–H and O–H groups in total. The molecule has 0 bridgehead atoms. The van der Waals surface area contributed by atoms with Crippen LogP contribution < -0.4 is 4.90 Å². The summed E-state index contributed by atoms with van der Waals surface area (Å²) in [4.78, 5) is 13.5. The normalized spacial score (nSPS) is 19.7. The molecule has 17 heavy (non-hydrogen) atoms. The monoisotopic (exact) mass is 227 g/mol. The van der Waals surface area contributed by atoms with Gasteiger partial charge in [0.25, 0.3) is 0 Å². The average Bonchev–Trinajstić information content (AvgIpc) is 2.69. The predicted octanol–water partition coefficient (Wildman–Crippen LogP) is 3.18. The number of cyclic esters (lactones) is 1. The van der Waals surface area contributed by atoms with Gasteiger partial charge in [0.05, 0.1) is 11.7 Å². The van der Waals surface area contributed by atoms with E-state index in [0.717, 1.165) is 16.5 Å². The zero-order valence-corrected chi connectivity index (χ0v) is 9.59. The van der Waals surface area contributed by atoms with Gasteiger partial charge in [0.2, 0.25) is 0 Å². The van der Waals surface area contributed by atoms with Crippen molar-refractivity contribution in [3.8, 4) is 0 Å². The second kappa shape index (κ2) is 3.77. The van der Waals surface area contributed by atoms with E-state index in [1.165, 1.54) is 0 Å². The summed E-state index contributed by atoms with van der Waals surface area (Å²) >= 11 is 0. The molecule has 1 aliphatic heterocycles. The average molecular weight is 227 g/mol. The summed E-state index contributed by atoms with van der Waals surface area (Å²) in [5.74, 6) is 0. The molecule has 3 nitrogen and oxygen atoms in total. The molecule has 1 aliphatic rings. The maximum absolute atomic E-state index is 11.7. The molecule has 0 aromatic heterocycles. The minimum absolute atomic E-state index is 0.0910. The number of fused-ring (bicyclic) bond motifs is 1.